The SMILES string of the molecule is c1ccc(-c2nc(-c3ccc4c(c3)sc3ccccc34)nc(-c3cccc4oc5ccc(-c6nc(-c7ccccc7)c7sc8ccccc8c7n6)cc5c34)n2)cc1. The molecular weight excluding hydrogens is 739 g/mol. The van der Waals surface area contributed by atoms with E-state index in [1.807, 2.05) is 60.7 Å². The molecule has 12 rings (SSSR count). The lowest BCUT2D eigenvalue weighted by Crippen LogP contribution is -2.00. The maximum Gasteiger partial charge on any atom is 0.164 e. The van der Waals surface area contributed by atoms with E-state index in [-0.39, 0.29) is 0 Å². The van der Waals surface area contributed by atoms with Crippen LogP contribution >= 0.6 is 22.7 Å². The molecule has 0 amide bonds. The van der Waals surface area contributed by atoms with Gasteiger partial charge in [-0.15, -0.1) is 22.7 Å². The number of aromatic nitrogens is 5. The van der Waals surface area contributed by atoms with E-state index in [1.54, 1.807) is 22.7 Å². The van der Waals surface area contributed by atoms with Gasteiger partial charge in [-0.25, -0.2) is 24.9 Å². The normalized spacial score (nSPS) is 11.9. The van der Waals surface area contributed by atoms with Crippen molar-refractivity contribution in [1.82, 2.24) is 24.9 Å². The van der Waals surface area contributed by atoms with Crippen LogP contribution in [0.1, 0.15) is 0 Å². The van der Waals surface area contributed by atoms with Crippen LogP contribution in [0, 0.1) is 0 Å². The van der Waals surface area contributed by atoms with Gasteiger partial charge in [-0.05, 0) is 42.5 Å². The highest BCUT2D eigenvalue weighted by Gasteiger charge is 2.21. The molecule has 0 radical (unpaired) electrons. The molecule has 57 heavy (non-hydrogen) atoms. The highest BCUT2D eigenvalue weighted by atomic mass is 32.1. The summed E-state index contributed by atoms with van der Waals surface area (Å²) in [4.78, 5) is 25.9. The molecule has 6 nitrogen and oxygen atoms in total. The minimum atomic E-state index is 0.572. The van der Waals surface area contributed by atoms with Gasteiger partial charge in [0.2, 0.25) is 0 Å². The van der Waals surface area contributed by atoms with Gasteiger partial charge in [0.15, 0.2) is 23.3 Å². The first-order chi connectivity index (χ1) is 28.2. The third-order valence-electron chi connectivity index (χ3n) is 10.6. The number of furan rings is 1. The minimum Gasteiger partial charge on any atom is -0.456 e. The molecule has 0 unspecified atom stereocenters. The fourth-order valence-electron chi connectivity index (χ4n) is 7.87. The molecule has 0 N–H and O–H groups in total. The van der Waals surface area contributed by atoms with Gasteiger partial charge in [0.05, 0.1) is 15.9 Å². The predicted molar refractivity (Wildman–Crippen MR) is 236 cm³/mol. The second kappa shape index (κ2) is 12.7. The lowest BCUT2D eigenvalue weighted by molar-refractivity contribution is 0.669. The molecule has 7 aromatic carbocycles. The van der Waals surface area contributed by atoms with E-state index < -0.39 is 0 Å². The van der Waals surface area contributed by atoms with E-state index in [4.69, 9.17) is 29.3 Å². The summed E-state index contributed by atoms with van der Waals surface area (Å²) in [6.45, 7) is 0. The van der Waals surface area contributed by atoms with Gasteiger partial charge in [0.1, 0.15) is 11.2 Å². The third kappa shape index (κ3) is 5.26. The van der Waals surface area contributed by atoms with E-state index in [1.165, 1.54) is 24.9 Å². The molecule has 5 heterocycles. The van der Waals surface area contributed by atoms with E-state index in [0.717, 1.165) is 71.1 Å². The van der Waals surface area contributed by atoms with Crippen molar-refractivity contribution in [3.63, 3.8) is 0 Å². The summed E-state index contributed by atoms with van der Waals surface area (Å²) >= 11 is 3.52. The first-order valence-electron chi connectivity index (χ1n) is 18.7. The number of hydrogen-bond donors (Lipinski definition) is 0. The van der Waals surface area contributed by atoms with Crippen LogP contribution in [0.25, 0.3) is 119 Å². The van der Waals surface area contributed by atoms with E-state index in [9.17, 15) is 0 Å². The van der Waals surface area contributed by atoms with Gasteiger partial charge in [-0.1, -0.05) is 121 Å². The van der Waals surface area contributed by atoms with Gasteiger partial charge in [-0.2, -0.15) is 0 Å². The maximum absolute atomic E-state index is 6.51. The van der Waals surface area contributed by atoms with Gasteiger partial charge < -0.3 is 4.42 Å². The van der Waals surface area contributed by atoms with E-state index in [2.05, 4.69) is 103 Å². The molecule has 0 aliphatic heterocycles. The van der Waals surface area contributed by atoms with Crippen molar-refractivity contribution in [2.75, 3.05) is 0 Å². The Balaban J connectivity index is 1.06. The standard InChI is InChI=1S/C49H27N5OS2/c1-3-12-28(13-4-1)43-45-44(34-17-8-10-21-40(34)57-45)51-47(50-43)30-23-25-37-36(26-30)42-35(18-11-19-38(42)55-37)49-53-46(29-14-5-2-6-15-29)52-48(54-49)31-22-24-33-32-16-7-9-20-39(32)56-41(33)27-31/h1-27H. The van der Waals surface area contributed by atoms with Crippen LogP contribution in [0.4, 0.5) is 0 Å². The highest BCUT2D eigenvalue weighted by molar-refractivity contribution is 7.26. The maximum atomic E-state index is 6.51. The molecule has 0 saturated carbocycles. The molecule has 0 fully saturated rings. The molecule has 0 atom stereocenters. The van der Waals surface area contributed by atoms with Crippen molar-refractivity contribution < 1.29 is 4.42 Å². The topological polar surface area (TPSA) is 77.6 Å². The second-order valence-corrected chi connectivity index (χ2v) is 16.1. The van der Waals surface area contributed by atoms with Crippen molar-refractivity contribution in [3.05, 3.63) is 164 Å². The van der Waals surface area contributed by atoms with Crippen LogP contribution in [-0.4, -0.2) is 24.9 Å². The van der Waals surface area contributed by atoms with Crippen molar-refractivity contribution in [2.24, 2.45) is 0 Å². The van der Waals surface area contributed by atoms with E-state index in [0.29, 0.717) is 23.3 Å². The monoisotopic (exact) mass is 765 g/mol. The molecule has 0 saturated heterocycles. The lowest BCUT2D eigenvalue weighted by atomic mass is 10.0. The molecule has 0 bridgehead atoms. The van der Waals surface area contributed by atoms with Gasteiger partial charge in [0, 0.05) is 68.8 Å². The average molecular weight is 766 g/mol. The number of benzene rings is 7. The number of fused-ring (bicyclic) bond motifs is 9. The summed E-state index contributed by atoms with van der Waals surface area (Å²) in [5.41, 5.74) is 8.06. The first kappa shape index (κ1) is 32.1. The Bertz CT molecular complexity index is 3540. The van der Waals surface area contributed by atoms with Crippen LogP contribution in [0.5, 0.6) is 0 Å². The van der Waals surface area contributed by atoms with Gasteiger partial charge >= 0.3 is 0 Å². The lowest BCUT2D eigenvalue weighted by Gasteiger charge is -2.10. The summed E-state index contributed by atoms with van der Waals surface area (Å²) in [6.07, 6.45) is 0. The van der Waals surface area contributed by atoms with Crippen molar-refractivity contribution in [1.29, 1.82) is 0 Å². The number of thiophene rings is 2. The third-order valence-corrected chi connectivity index (χ3v) is 12.9. The molecule has 5 aromatic heterocycles. The van der Waals surface area contributed by atoms with Crippen LogP contribution in [0.2, 0.25) is 0 Å². The van der Waals surface area contributed by atoms with Crippen molar-refractivity contribution in [3.8, 4) is 56.8 Å². The fourth-order valence-corrected chi connectivity index (χ4v) is 10.2. The average Bonchev–Trinajstić information content (AvgIpc) is 3.97. The largest absolute Gasteiger partial charge is 0.456 e. The summed E-state index contributed by atoms with van der Waals surface area (Å²) in [5.74, 6) is 2.45. The zero-order valence-corrected chi connectivity index (χ0v) is 31.7. The zero-order valence-electron chi connectivity index (χ0n) is 30.0. The molecule has 266 valence electrons. The molecular formula is C49H27N5OS2. The number of nitrogens with zero attached hydrogens (tertiary/aromatic N) is 5. The predicted octanol–water partition coefficient (Wildman–Crippen LogP) is 13.6. The summed E-state index contributed by atoms with van der Waals surface area (Å²) in [7, 11) is 0. The second-order valence-electron chi connectivity index (χ2n) is 14.0. The fraction of sp³-hybridized carbons (Fsp3) is 0. The Morgan fingerprint density at radius 1 is 0.368 bits per heavy atom. The van der Waals surface area contributed by atoms with Crippen LogP contribution in [0.3, 0.4) is 0 Å². The smallest absolute Gasteiger partial charge is 0.164 e. The zero-order chi connectivity index (χ0) is 37.5. The highest BCUT2D eigenvalue weighted by Crippen LogP contribution is 2.42. The van der Waals surface area contributed by atoms with Crippen LogP contribution in [-0.2, 0) is 0 Å². The summed E-state index contributed by atoms with van der Waals surface area (Å²) in [5, 5.41) is 5.48. The quantitative estimate of drug-likeness (QED) is 0.174. The summed E-state index contributed by atoms with van der Waals surface area (Å²) < 4.78 is 11.2. The van der Waals surface area contributed by atoms with Gasteiger partial charge in [-0.3, -0.25) is 0 Å². The first-order valence-corrected chi connectivity index (χ1v) is 20.3. The Labute approximate surface area is 333 Å². The Morgan fingerprint density at radius 2 is 1.00 bits per heavy atom. The molecule has 12 aromatic rings. The number of hydrogen-bond acceptors (Lipinski definition) is 8. The van der Waals surface area contributed by atoms with Crippen LogP contribution < -0.4 is 0 Å². The molecule has 0 aliphatic rings. The van der Waals surface area contributed by atoms with Crippen molar-refractivity contribution in [2.45, 2.75) is 0 Å². The Morgan fingerprint density at radius 3 is 1.82 bits per heavy atom. The van der Waals surface area contributed by atoms with Crippen molar-refractivity contribution >= 4 is 85.1 Å². The number of rotatable bonds is 5. The van der Waals surface area contributed by atoms with E-state index >= 15 is 0 Å². The molecule has 0 spiro atoms. The minimum absolute atomic E-state index is 0.572. The molecule has 0 aliphatic carbocycles. The summed E-state index contributed by atoms with van der Waals surface area (Å²) in [6, 6.07) is 56.2. The van der Waals surface area contributed by atoms with Crippen LogP contribution in [0.15, 0.2) is 168 Å². The Kier molecular flexibility index (Phi) is 7.17. The Hall–Kier alpha value is -7.13. The molecule has 8 heteroatoms. The van der Waals surface area contributed by atoms with Gasteiger partial charge in [0.25, 0.3) is 0 Å².